The Labute approximate surface area is 194 Å². The van der Waals surface area contributed by atoms with Gasteiger partial charge in [-0.3, -0.25) is 19.9 Å². The van der Waals surface area contributed by atoms with Gasteiger partial charge in [-0.1, -0.05) is 30.3 Å². The van der Waals surface area contributed by atoms with Gasteiger partial charge in [0.2, 0.25) is 5.91 Å². The van der Waals surface area contributed by atoms with E-state index < -0.39 is 0 Å². The molecule has 0 spiro atoms. The minimum Gasteiger partial charge on any atom is -0.353 e. The first kappa shape index (κ1) is 19.8. The van der Waals surface area contributed by atoms with Gasteiger partial charge in [0, 0.05) is 35.1 Å². The van der Waals surface area contributed by atoms with E-state index in [1.165, 1.54) is 0 Å². The monoisotopic (exact) mass is 445 g/mol. The third-order valence-corrected chi connectivity index (χ3v) is 5.61. The molecule has 0 unspecified atom stereocenters. The minimum atomic E-state index is -0.0982. The number of nitrogens with zero attached hydrogens (tertiary/aromatic N) is 4. The van der Waals surface area contributed by atoms with Crippen LogP contribution in [0.25, 0.3) is 44.6 Å². The zero-order valence-electron chi connectivity index (χ0n) is 18.0. The van der Waals surface area contributed by atoms with Crippen LogP contribution in [0.3, 0.4) is 0 Å². The van der Waals surface area contributed by atoms with Gasteiger partial charge in [0.15, 0.2) is 0 Å². The summed E-state index contributed by atoms with van der Waals surface area (Å²) in [6, 6.07) is 19.3. The van der Waals surface area contributed by atoms with Crippen LogP contribution in [-0.4, -0.2) is 36.0 Å². The molecular formula is C26H19N7O. The van der Waals surface area contributed by atoms with Gasteiger partial charge in [-0.2, -0.15) is 5.10 Å². The Morgan fingerprint density at radius 3 is 2.71 bits per heavy atom. The van der Waals surface area contributed by atoms with Gasteiger partial charge in [-0.25, -0.2) is 4.98 Å². The van der Waals surface area contributed by atoms with Gasteiger partial charge < -0.3 is 10.3 Å². The number of aromatic nitrogens is 6. The van der Waals surface area contributed by atoms with E-state index in [2.05, 4.69) is 30.5 Å². The summed E-state index contributed by atoms with van der Waals surface area (Å²) in [5, 5.41) is 11.5. The van der Waals surface area contributed by atoms with Crippen molar-refractivity contribution in [3.8, 4) is 22.6 Å². The SMILES string of the molecule is O=C(Cc1ccccc1)Nc1cncc(-c2ccc3[nH]nc(-c4cc5cnccc5[nH]4)c3n2)c1. The Kier molecular flexibility index (Phi) is 4.81. The number of amides is 1. The van der Waals surface area contributed by atoms with Crippen molar-refractivity contribution in [1.82, 2.24) is 30.1 Å². The van der Waals surface area contributed by atoms with E-state index in [1.807, 2.05) is 66.9 Å². The average Bonchev–Trinajstić information content (AvgIpc) is 3.48. The van der Waals surface area contributed by atoms with Crippen LogP contribution in [0.1, 0.15) is 5.56 Å². The lowest BCUT2D eigenvalue weighted by molar-refractivity contribution is -0.115. The molecule has 0 saturated heterocycles. The zero-order valence-corrected chi connectivity index (χ0v) is 18.0. The average molecular weight is 445 g/mol. The highest BCUT2D eigenvalue weighted by Gasteiger charge is 2.14. The van der Waals surface area contributed by atoms with Crippen LogP contribution in [0.2, 0.25) is 0 Å². The largest absolute Gasteiger partial charge is 0.353 e. The number of H-pyrrole nitrogens is 2. The predicted molar refractivity (Wildman–Crippen MR) is 131 cm³/mol. The molecule has 5 heterocycles. The van der Waals surface area contributed by atoms with E-state index in [9.17, 15) is 4.79 Å². The number of carbonyl (C=O) groups is 1. The molecule has 0 radical (unpaired) electrons. The molecule has 34 heavy (non-hydrogen) atoms. The van der Waals surface area contributed by atoms with Crippen molar-refractivity contribution in [2.45, 2.75) is 6.42 Å². The molecule has 8 nitrogen and oxygen atoms in total. The van der Waals surface area contributed by atoms with Crippen LogP contribution in [0, 0.1) is 0 Å². The molecule has 0 fully saturated rings. The highest BCUT2D eigenvalue weighted by atomic mass is 16.1. The summed E-state index contributed by atoms with van der Waals surface area (Å²) in [6.45, 7) is 0. The van der Waals surface area contributed by atoms with Crippen LogP contribution in [0.15, 0.2) is 85.5 Å². The molecule has 0 aliphatic heterocycles. The first-order valence-electron chi connectivity index (χ1n) is 10.8. The first-order valence-corrected chi connectivity index (χ1v) is 10.8. The second kappa shape index (κ2) is 8.25. The Hall–Kier alpha value is -4.85. The standard InChI is InChI=1S/C26H19N7O/c34-24(10-16-4-2-1-3-5-16)29-19-11-17(14-28-15-19)20-6-7-22-25(31-20)26(33-32-22)23-12-18-13-27-9-8-21(18)30-23/h1-9,11-15,30H,10H2,(H,29,34)(H,32,33). The summed E-state index contributed by atoms with van der Waals surface area (Å²) >= 11 is 0. The van der Waals surface area contributed by atoms with Crippen LogP contribution >= 0.6 is 0 Å². The van der Waals surface area contributed by atoms with E-state index in [0.717, 1.165) is 50.1 Å². The van der Waals surface area contributed by atoms with E-state index in [1.54, 1.807) is 18.6 Å². The fourth-order valence-electron chi connectivity index (χ4n) is 3.98. The zero-order chi connectivity index (χ0) is 22.9. The number of hydrogen-bond donors (Lipinski definition) is 3. The molecule has 1 aromatic carbocycles. The molecule has 1 amide bonds. The summed E-state index contributed by atoms with van der Waals surface area (Å²) in [6.07, 6.45) is 7.22. The van der Waals surface area contributed by atoms with Gasteiger partial charge in [0.1, 0.15) is 11.2 Å². The van der Waals surface area contributed by atoms with Gasteiger partial charge in [0.25, 0.3) is 0 Å². The molecule has 8 heteroatoms. The number of fused-ring (bicyclic) bond motifs is 2. The number of carbonyl (C=O) groups excluding carboxylic acids is 1. The third-order valence-electron chi connectivity index (χ3n) is 5.61. The van der Waals surface area contributed by atoms with E-state index in [0.29, 0.717) is 12.1 Å². The second-order valence-corrected chi connectivity index (χ2v) is 7.98. The van der Waals surface area contributed by atoms with Crippen molar-refractivity contribution in [2.75, 3.05) is 5.32 Å². The predicted octanol–water partition coefficient (Wildman–Crippen LogP) is 4.74. The fraction of sp³-hybridized carbons (Fsp3) is 0.0385. The van der Waals surface area contributed by atoms with Crippen LogP contribution in [0.5, 0.6) is 0 Å². The molecule has 0 saturated carbocycles. The van der Waals surface area contributed by atoms with Crippen LogP contribution in [-0.2, 0) is 11.2 Å². The topological polar surface area (TPSA) is 112 Å². The number of nitrogens with one attached hydrogen (secondary N) is 3. The van der Waals surface area contributed by atoms with E-state index in [4.69, 9.17) is 4.98 Å². The third kappa shape index (κ3) is 3.77. The van der Waals surface area contributed by atoms with Crippen LogP contribution in [0.4, 0.5) is 5.69 Å². The lowest BCUT2D eigenvalue weighted by atomic mass is 10.1. The number of benzene rings is 1. The van der Waals surface area contributed by atoms with Crippen molar-refractivity contribution < 1.29 is 4.79 Å². The number of pyridine rings is 3. The fourth-order valence-corrected chi connectivity index (χ4v) is 3.98. The molecule has 3 N–H and O–H groups in total. The van der Waals surface area contributed by atoms with Crippen LogP contribution < -0.4 is 5.32 Å². The highest BCUT2D eigenvalue weighted by Crippen LogP contribution is 2.29. The number of aromatic amines is 2. The molecule has 0 bridgehead atoms. The van der Waals surface area contributed by atoms with Crippen molar-refractivity contribution in [1.29, 1.82) is 0 Å². The van der Waals surface area contributed by atoms with Crippen molar-refractivity contribution in [2.24, 2.45) is 0 Å². The first-order chi connectivity index (χ1) is 16.7. The summed E-state index contributed by atoms with van der Waals surface area (Å²) in [7, 11) is 0. The highest BCUT2D eigenvalue weighted by molar-refractivity contribution is 5.95. The smallest absolute Gasteiger partial charge is 0.228 e. The van der Waals surface area contributed by atoms with Crippen molar-refractivity contribution in [3.05, 3.63) is 91.0 Å². The normalized spacial score (nSPS) is 11.2. The van der Waals surface area contributed by atoms with Gasteiger partial charge in [-0.15, -0.1) is 0 Å². The lowest BCUT2D eigenvalue weighted by Crippen LogP contribution is -2.14. The molecule has 5 aromatic heterocycles. The molecule has 0 aliphatic carbocycles. The molecule has 6 rings (SSSR count). The van der Waals surface area contributed by atoms with E-state index in [-0.39, 0.29) is 5.91 Å². The summed E-state index contributed by atoms with van der Waals surface area (Å²) in [5.74, 6) is -0.0982. The molecule has 6 aromatic rings. The van der Waals surface area contributed by atoms with Crippen molar-refractivity contribution >= 4 is 33.5 Å². The van der Waals surface area contributed by atoms with Gasteiger partial charge in [-0.05, 0) is 35.9 Å². The maximum atomic E-state index is 12.5. The summed E-state index contributed by atoms with van der Waals surface area (Å²) in [5.41, 5.74) is 7.26. The number of hydrogen-bond acceptors (Lipinski definition) is 5. The summed E-state index contributed by atoms with van der Waals surface area (Å²) < 4.78 is 0. The van der Waals surface area contributed by atoms with Gasteiger partial charge in [0.05, 0.1) is 35.2 Å². The minimum absolute atomic E-state index is 0.0982. The Morgan fingerprint density at radius 2 is 1.82 bits per heavy atom. The number of rotatable bonds is 5. The Balaban J connectivity index is 1.30. The molecule has 0 atom stereocenters. The molecule has 164 valence electrons. The maximum Gasteiger partial charge on any atom is 0.228 e. The molecule has 0 aliphatic rings. The Bertz CT molecular complexity index is 1600. The molecular weight excluding hydrogens is 426 g/mol. The lowest BCUT2D eigenvalue weighted by Gasteiger charge is -2.07. The number of anilines is 1. The van der Waals surface area contributed by atoms with E-state index >= 15 is 0 Å². The summed E-state index contributed by atoms with van der Waals surface area (Å²) in [4.78, 5) is 29.2. The maximum absolute atomic E-state index is 12.5. The Morgan fingerprint density at radius 1 is 0.912 bits per heavy atom. The second-order valence-electron chi connectivity index (χ2n) is 7.98. The van der Waals surface area contributed by atoms with Crippen molar-refractivity contribution in [3.63, 3.8) is 0 Å². The van der Waals surface area contributed by atoms with Gasteiger partial charge >= 0.3 is 0 Å². The quantitative estimate of drug-likeness (QED) is 0.355.